The third-order valence-corrected chi connectivity index (χ3v) is 6.25. The first kappa shape index (κ1) is 22.4. The number of carbonyl (C=O) groups excluding carboxylic acids is 1. The zero-order valence-corrected chi connectivity index (χ0v) is 18.0. The van der Waals surface area contributed by atoms with Crippen molar-refractivity contribution in [1.29, 1.82) is 0 Å². The zero-order chi connectivity index (χ0) is 22.7. The molecule has 0 spiro atoms. The number of carbonyl (C=O) groups is 1. The lowest BCUT2D eigenvalue weighted by Crippen LogP contribution is -2.38. The van der Waals surface area contributed by atoms with Crippen LogP contribution in [-0.4, -0.2) is 23.5 Å². The summed E-state index contributed by atoms with van der Waals surface area (Å²) < 4.78 is 38.9. The highest BCUT2D eigenvalue weighted by Crippen LogP contribution is 2.32. The fourth-order valence-electron chi connectivity index (χ4n) is 4.10. The van der Waals surface area contributed by atoms with E-state index in [9.17, 15) is 18.0 Å². The van der Waals surface area contributed by atoms with Gasteiger partial charge < -0.3 is 10.6 Å². The molecule has 4 rings (SSSR count). The van der Waals surface area contributed by atoms with E-state index in [-0.39, 0.29) is 16.6 Å². The van der Waals surface area contributed by atoms with Gasteiger partial charge in [0.15, 0.2) is 0 Å². The SMILES string of the molecule is O=C(NC1CCC(CNc2ccc3ncccc3c2)CC1)c1cc(C(F)(F)F)ccc1Cl. The van der Waals surface area contributed by atoms with E-state index in [2.05, 4.69) is 21.7 Å². The van der Waals surface area contributed by atoms with Gasteiger partial charge in [-0.25, -0.2) is 0 Å². The molecule has 0 saturated heterocycles. The number of benzene rings is 2. The third-order valence-electron chi connectivity index (χ3n) is 5.92. The number of rotatable bonds is 5. The number of hydrogen-bond acceptors (Lipinski definition) is 3. The minimum Gasteiger partial charge on any atom is -0.385 e. The summed E-state index contributed by atoms with van der Waals surface area (Å²) in [5.74, 6) is -0.0997. The predicted octanol–water partition coefficient (Wildman–Crippen LogP) is 6.31. The molecule has 1 heterocycles. The van der Waals surface area contributed by atoms with Crippen LogP contribution >= 0.6 is 11.6 Å². The molecule has 1 fully saturated rings. The maximum absolute atomic E-state index is 13.0. The second-order valence-corrected chi connectivity index (χ2v) is 8.58. The Bertz CT molecular complexity index is 1110. The molecule has 2 aromatic carbocycles. The number of anilines is 1. The quantitative estimate of drug-likeness (QED) is 0.468. The topological polar surface area (TPSA) is 54.0 Å². The summed E-state index contributed by atoms with van der Waals surface area (Å²) in [5.41, 5.74) is 0.970. The number of aromatic nitrogens is 1. The molecular formula is C24H23ClF3N3O. The zero-order valence-electron chi connectivity index (χ0n) is 17.3. The van der Waals surface area contributed by atoms with Gasteiger partial charge in [-0.15, -0.1) is 0 Å². The Hall–Kier alpha value is -2.80. The van der Waals surface area contributed by atoms with Crippen LogP contribution in [0.2, 0.25) is 5.02 Å². The average Bonchev–Trinajstić information content (AvgIpc) is 2.78. The molecule has 0 unspecified atom stereocenters. The molecule has 32 heavy (non-hydrogen) atoms. The molecule has 0 bridgehead atoms. The maximum Gasteiger partial charge on any atom is 0.416 e. The fourth-order valence-corrected chi connectivity index (χ4v) is 4.30. The van der Waals surface area contributed by atoms with Crippen molar-refractivity contribution in [2.45, 2.75) is 37.9 Å². The molecule has 1 amide bonds. The van der Waals surface area contributed by atoms with Crippen LogP contribution in [0.3, 0.4) is 0 Å². The Balaban J connectivity index is 1.29. The monoisotopic (exact) mass is 461 g/mol. The molecule has 1 aliphatic rings. The van der Waals surface area contributed by atoms with Crippen LogP contribution in [0.4, 0.5) is 18.9 Å². The summed E-state index contributed by atoms with van der Waals surface area (Å²) in [7, 11) is 0. The van der Waals surface area contributed by atoms with Crippen molar-refractivity contribution >= 4 is 34.1 Å². The van der Waals surface area contributed by atoms with Crippen molar-refractivity contribution in [2.24, 2.45) is 5.92 Å². The maximum atomic E-state index is 13.0. The molecule has 2 N–H and O–H groups in total. The van der Waals surface area contributed by atoms with E-state index in [4.69, 9.17) is 11.6 Å². The van der Waals surface area contributed by atoms with E-state index < -0.39 is 17.6 Å². The van der Waals surface area contributed by atoms with Gasteiger partial charge in [-0.05, 0) is 74.1 Å². The molecule has 1 saturated carbocycles. The van der Waals surface area contributed by atoms with Gasteiger partial charge in [0.1, 0.15) is 0 Å². The van der Waals surface area contributed by atoms with E-state index in [1.807, 2.05) is 24.3 Å². The summed E-state index contributed by atoms with van der Waals surface area (Å²) in [5, 5.41) is 7.42. The Morgan fingerprint density at radius 3 is 2.59 bits per heavy atom. The molecule has 0 atom stereocenters. The molecule has 1 aliphatic carbocycles. The van der Waals surface area contributed by atoms with E-state index in [0.717, 1.165) is 67.0 Å². The summed E-state index contributed by atoms with van der Waals surface area (Å²) in [6, 6.07) is 12.7. The van der Waals surface area contributed by atoms with Crippen LogP contribution in [-0.2, 0) is 6.18 Å². The first-order chi connectivity index (χ1) is 15.3. The van der Waals surface area contributed by atoms with Gasteiger partial charge in [0, 0.05) is 29.9 Å². The molecular weight excluding hydrogens is 439 g/mol. The first-order valence-corrected chi connectivity index (χ1v) is 10.9. The number of nitrogens with zero attached hydrogens (tertiary/aromatic N) is 1. The molecule has 0 aliphatic heterocycles. The Kier molecular flexibility index (Phi) is 6.55. The molecule has 4 nitrogen and oxygen atoms in total. The number of halogens is 4. The molecule has 0 radical (unpaired) electrons. The number of pyridine rings is 1. The predicted molar refractivity (Wildman–Crippen MR) is 120 cm³/mol. The van der Waals surface area contributed by atoms with Gasteiger partial charge >= 0.3 is 6.18 Å². The largest absolute Gasteiger partial charge is 0.416 e. The lowest BCUT2D eigenvalue weighted by molar-refractivity contribution is -0.137. The van der Waals surface area contributed by atoms with Crippen molar-refractivity contribution < 1.29 is 18.0 Å². The van der Waals surface area contributed by atoms with E-state index >= 15 is 0 Å². The van der Waals surface area contributed by atoms with Crippen molar-refractivity contribution in [3.63, 3.8) is 0 Å². The fraction of sp³-hybridized carbons (Fsp3) is 0.333. The second-order valence-electron chi connectivity index (χ2n) is 8.18. The summed E-state index contributed by atoms with van der Waals surface area (Å²) >= 11 is 5.98. The lowest BCUT2D eigenvalue weighted by Gasteiger charge is -2.29. The highest BCUT2D eigenvalue weighted by Gasteiger charge is 2.32. The van der Waals surface area contributed by atoms with Gasteiger partial charge in [0.05, 0.1) is 21.7 Å². The van der Waals surface area contributed by atoms with Gasteiger partial charge in [0.2, 0.25) is 0 Å². The van der Waals surface area contributed by atoms with Gasteiger partial charge in [0.25, 0.3) is 5.91 Å². The number of alkyl halides is 3. The van der Waals surface area contributed by atoms with E-state index in [1.165, 1.54) is 0 Å². The van der Waals surface area contributed by atoms with Crippen LogP contribution in [0.25, 0.3) is 10.9 Å². The van der Waals surface area contributed by atoms with Gasteiger partial charge in [-0.1, -0.05) is 17.7 Å². The molecule has 168 valence electrons. The van der Waals surface area contributed by atoms with E-state index in [0.29, 0.717) is 5.92 Å². The normalized spacial score (nSPS) is 19.0. The Morgan fingerprint density at radius 1 is 1.06 bits per heavy atom. The van der Waals surface area contributed by atoms with Crippen LogP contribution in [0, 0.1) is 5.92 Å². The van der Waals surface area contributed by atoms with Crippen molar-refractivity contribution in [3.05, 3.63) is 70.9 Å². The van der Waals surface area contributed by atoms with Gasteiger partial charge in [-0.2, -0.15) is 13.2 Å². The minimum atomic E-state index is -4.52. The summed E-state index contributed by atoms with van der Waals surface area (Å²) in [6.07, 6.45) is 0.638. The van der Waals surface area contributed by atoms with Gasteiger partial charge in [-0.3, -0.25) is 9.78 Å². The summed E-state index contributed by atoms with van der Waals surface area (Å²) in [4.78, 5) is 16.9. The van der Waals surface area contributed by atoms with Crippen LogP contribution in [0.1, 0.15) is 41.6 Å². The van der Waals surface area contributed by atoms with Crippen LogP contribution in [0.15, 0.2) is 54.7 Å². The number of fused-ring (bicyclic) bond motifs is 1. The number of nitrogens with one attached hydrogen (secondary N) is 2. The second kappa shape index (κ2) is 9.36. The third kappa shape index (κ3) is 5.33. The standard InChI is InChI=1S/C24H23ClF3N3O/c25-21-9-5-17(24(26,27)28)13-20(21)23(32)31-18-6-3-15(4-7-18)14-30-19-8-10-22-16(12-19)2-1-11-29-22/h1-2,5,8-13,15,18,30H,3-4,6-7,14H2,(H,31,32). The Labute approximate surface area is 189 Å². The van der Waals surface area contributed by atoms with Crippen LogP contribution < -0.4 is 10.6 Å². The molecule has 3 aromatic rings. The molecule has 1 aromatic heterocycles. The van der Waals surface area contributed by atoms with Crippen molar-refractivity contribution in [3.8, 4) is 0 Å². The minimum absolute atomic E-state index is 0.0129. The summed E-state index contributed by atoms with van der Waals surface area (Å²) in [6.45, 7) is 0.825. The number of amides is 1. The highest BCUT2D eigenvalue weighted by atomic mass is 35.5. The van der Waals surface area contributed by atoms with Crippen molar-refractivity contribution in [1.82, 2.24) is 10.3 Å². The van der Waals surface area contributed by atoms with Crippen molar-refractivity contribution in [2.75, 3.05) is 11.9 Å². The highest BCUT2D eigenvalue weighted by molar-refractivity contribution is 6.33. The molecule has 8 heteroatoms. The van der Waals surface area contributed by atoms with E-state index in [1.54, 1.807) is 6.20 Å². The first-order valence-electron chi connectivity index (χ1n) is 10.6. The smallest absolute Gasteiger partial charge is 0.385 e. The number of hydrogen-bond donors (Lipinski definition) is 2. The van der Waals surface area contributed by atoms with Crippen LogP contribution in [0.5, 0.6) is 0 Å². The Morgan fingerprint density at radius 2 is 1.84 bits per heavy atom. The average molecular weight is 462 g/mol. The lowest BCUT2D eigenvalue weighted by atomic mass is 9.86.